The van der Waals surface area contributed by atoms with Crippen molar-refractivity contribution in [2.24, 2.45) is 7.05 Å². The number of hydrogen-bond acceptors (Lipinski definition) is 3. The van der Waals surface area contributed by atoms with Crippen LogP contribution in [0.4, 0.5) is 0 Å². The summed E-state index contributed by atoms with van der Waals surface area (Å²) in [5.41, 5.74) is 2.69. The summed E-state index contributed by atoms with van der Waals surface area (Å²) in [6.07, 6.45) is 3.71. The fourth-order valence-electron chi connectivity index (χ4n) is 4.57. The molecule has 7 nitrogen and oxygen atoms in total. The number of likely N-dealkylation sites (tertiary alicyclic amines) is 1. The normalized spacial score (nSPS) is 14.9. The first-order valence-corrected chi connectivity index (χ1v) is 12.5. The topological polar surface area (TPSA) is 91.6 Å². The average molecular weight is 528 g/mol. The molecule has 2 amide bonds. The first-order chi connectivity index (χ1) is 17.2. The van der Waals surface area contributed by atoms with Gasteiger partial charge in [-0.25, -0.2) is 4.79 Å². The number of nitrogens with one attached hydrogen (secondary N) is 1. The van der Waals surface area contributed by atoms with Crippen LogP contribution in [0.15, 0.2) is 60.8 Å². The van der Waals surface area contributed by atoms with E-state index in [0.717, 1.165) is 24.0 Å². The van der Waals surface area contributed by atoms with Crippen molar-refractivity contribution in [3.05, 3.63) is 93.2 Å². The minimum absolute atomic E-state index is 0.0520. The fourth-order valence-corrected chi connectivity index (χ4v) is 5.14. The van der Waals surface area contributed by atoms with Crippen LogP contribution in [0.25, 0.3) is 0 Å². The van der Waals surface area contributed by atoms with Crippen LogP contribution in [0.3, 0.4) is 0 Å². The maximum atomic E-state index is 12.7. The van der Waals surface area contributed by atoms with E-state index >= 15 is 0 Å². The highest BCUT2D eigenvalue weighted by Crippen LogP contribution is 2.29. The van der Waals surface area contributed by atoms with Gasteiger partial charge in [0.1, 0.15) is 11.7 Å². The zero-order valence-corrected chi connectivity index (χ0v) is 21.3. The molecule has 9 heteroatoms. The molecule has 1 saturated heterocycles. The predicted molar refractivity (Wildman–Crippen MR) is 139 cm³/mol. The lowest BCUT2D eigenvalue weighted by Crippen LogP contribution is -2.42. The van der Waals surface area contributed by atoms with Crippen LogP contribution in [-0.2, 0) is 18.3 Å². The molecular weight excluding hydrogens is 501 g/mol. The number of benzene rings is 2. The van der Waals surface area contributed by atoms with E-state index < -0.39 is 17.9 Å². The Kier molecular flexibility index (Phi) is 8.01. The number of aromatic nitrogens is 1. The van der Waals surface area contributed by atoms with Crippen molar-refractivity contribution in [1.82, 2.24) is 14.8 Å². The molecule has 0 saturated carbocycles. The van der Waals surface area contributed by atoms with E-state index in [9.17, 15) is 19.5 Å². The summed E-state index contributed by atoms with van der Waals surface area (Å²) in [5.74, 6) is -1.40. The first-order valence-electron chi connectivity index (χ1n) is 11.7. The highest BCUT2D eigenvalue weighted by molar-refractivity contribution is 6.39. The minimum atomic E-state index is -1.15. The van der Waals surface area contributed by atoms with E-state index in [1.54, 1.807) is 6.07 Å². The third-order valence-electron chi connectivity index (χ3n) is 6.63. The van der Waals surface area contributed by atoms with Gasteiger partial charge in [-0.3, -0.25) is 9.59 Å². The number of carboxylic acids is 1. The van der Waals surface area contributed by atoms with Crippen LogP contribution < -0.4 is 5.32 Å². The van der Waals surface area contributed by atoms with Gasteiger partial charge in [-0.2, -0.15) is 0 Å². The number of piperidine rings is 1. The van der Waals surface area contributed by atoms with Gasteiger partial charge in [-0.05, 0) is 54.2 Å². The van der Waals surface area contributed by atoms with Gasteiger partial charge < -0.3 is 19.9 Å². The van der Waals surface area contributed by atoms with Crippen LogP contribution in [-0.4, -0.2) is 51.5 Å². The molecule has 0 radical (unpaired) electrons. The molecule has 4 rings (SSSR count). The number of rotatable bonds is 7. The molecule has 188 valence electrons. The van der Waals surface area contributed by atoms with Crippen LogP contribution in [0.1, 0.15) is 50.7 Å². The number of amides is 2. The molecule has 1 aromatic heterocycles. The Balaban J connectivity index is 1.36. The largest absolute Gasteiger partial charge is 0.480 e. The van der Waals surface area contributed by atoms with Crippen molar-refractivity contribution >= 4 is 41.0 Å². The summed E-state index contributed by atoms with van der Waals surface area (Å²) in [6.45, 7) is 1.38. The van der Waals surface area contributed by atoms with Crippen LogP contribution >= 0.6 is 23.2 Å². The van der Waals surface area contributed by atoms with Gasteiger partial charge in [0.05, 0.1) is 15.6 Å². The average Bonchev–Trinajstić information content (AvgIpc) is 3.29. The second-order valence-corrected chi connectivity index (χ2v) is 9.79. The van der Waals surface area contributed by atoms with E-state index in [0.29, 0.717) is 24.7 Å². The number of hydrogen-bond donors (Lipinski definition) is 2. The molecule has 3 aromatic rings. The lowest BCUT2D eigenvalue weighted by molar-refractivity contribution is -0.139. The Morgan fingerprint density at radius 1 is 1.00 bits per heavy atom. The molecule has 36 heavy (non-hydrogen) atoms. The molecule has 2 heterocycles. The zero-order chi connectivity index (χ0) is 25.8. The summed E-state index contributed by atoms with van der Waals surface area (Å²) < 4.78 is 1.84. The molecule has 2 aromatic carbocycles. The SMILES string of the molecule is Cn1cccc1C(=O)N1CCC(c2ccc(C[C@H](NC(=O)c3c(Cl)cccc3Cl)C(=O)O)cc2)CC1. The second-order valence-electron chi connectivity index (χ2n) is 8.98. The van der Waals surface area contributed by atoms with E-state index in [2.05, 4.69) is 5.32 Å². The lowest BCUT2D eigenvalue weighted by atomic mass is 9.88. The van der Waals surface area contributed by atoms with Crippen molar-refractivity contribution in [1.29, 1.82) is 0 Å². The zero-order valence-electron chi connectivity index (χ0n) is 19.8. The van der Waals surface area contributed by atoms with E-state index in [4.69, 9.17) is 23.2 Å². The van der Waals surface area contributed by atoms with Gasteiger partial charge in [-0.15, -0.1) is 0 Å². The van der Waals surface area contributed by atoms with Crippen molar-refractivity contribution in [2.45, 2.75) is 31.2 Å². The Morgan fingerprint density at radius 2 is 1.64 bits per heavy atom. The Labute approximate surface area is 219 Å². The molecule has 1 atom stereocenters. The van der Waals surface area contributed by atoms with Gasteiger partial charge in [-0.1, -0.05) is 53.5 Å². The second kappa shape index (κ2) is 11.2. The predicted octanol–water partition coefficient (Wildman–Crippen LogP) is 4.78. The quantitative estimate of drug-likeness (QED) is 0.462. The fraction of sp³-hybridized carbons (Fsp3) is 0.296. The maximum Gasteiger partial charge on any atom is 0.326 e. The van der Waals surface area contributed by atoms with Crippen LogP contribution in [0.2, 0.25) is 10.0 Å². The smallest absolute Gasteiger partial charge is 0.326 e. The van der Waals surface area contributed by atoms with Gasteiger partial charge >= 0.3 is 5.97 Å². The summed E-state index contributed by atoms with van der Waals surface area (Å²) in [5, 5.41) is 12.5. The maximum absolute atomic E-state index is 12.7. The van der Waals surface area contributed by atoms with Crippen LogP contribution in [0, 0.1) is 0 Å². The number of halogens is 2. The van der Waals surface area contributed by atoms with Gasteiger partial charge in [0.25, 0.3) is 11.8 Å². The monoisotopic (exact) mass is 527 g/mol. The number of carbonyl (C=O) groups excluding carboxylic acids is 2. The molecule has 2 N–H and O–H groups in total. The molecule has 1 aliphatic heterocycles. The Hall–Kier alpha value is -3.29. The molecule has 0 aliphatic carbocycles. The highest BCUT2D eigenvalue weighted by Gasteiger charge is 2.27. The Bertz CT molecular complexity index is 1240. The minimum Gasteiger partial charge on any atom is -0.480 e. The van der Waals surface area contributed by atoms with E-state index in [1.165, 1.54) is 12.1 Å². The lowest BCUT2D eigenvalue weighted by Gasteiger charge is -2.32. The third kappa shape index (κ3) is 5.74. The number of carboxylic acid groups (broad SMARTS) is 1. The number of aryl methyl sites for hydroxylation is 1. The van der Waals surface area contributed by atoms with Crippen molar-refractivity contribution in [3.63, 3.8) is 0 Å². The summed E-state index contributed by atoms with van der Waals surface area (Å²) in [6, 6.07) is 15.0. The summed E-state index contributed by atoms with van der Waals surface area (Å²) >= 11 is 12.2. The number of aliphatic carboxylic acids is 1. The molecule has 0 bridgehead atoms. The number of nitrogens with zero attached hydrogens (tertiary/aromatic N) is 2. The molecule has 1 fully saturated rings. The molecular formula is C27H27Cl2N3O4. The third-order valence-corrected chi connectivity index (χ3v) is 7.26. The Morgan fingerprint density at radius 3 is 2.19 bits per heavy atom. The van der Waals surface area contributed by atoms with E-state index in [-0.39, 0.29) is 27.9 Å². The van der Waals surface area contributed by atoms with E-state index in [1.807, 2.05) is 59.1 Å². The van der Waals surface area contributed by atoms with Crippen molar-refractivity contribution in [3.8, 4) is 0 Å². The summed E-state index contributed by atoms with van der Waals surface area (Å²) in [7, 11) is 1.87. The van der Waals surface area contributed by atoms with Gasteiger partial charge in [0.2, 0.25) is 0 Å². The van der Waals surface area contributed by atoms with Gasteiger partial charge in [0, 0.05) is 32.8 Å². The molecule has 0 spiro atoms. The highest BCUT2D eigenvalue weighted by atomic mass is 35.5. The first kappa shape index (κ1) is 25.8. The van der Waals surface area contributed by atoms with Crippen molar-refractivity contribution in [2.75, 3.05) is 13.1 Å². The summed E-state index contributed by atoms with van der Waals surface area (Å²) in [4.78, 5) is 39.1. The van der Waals surface area contributed by atoms with Crippen molar-refractivity contribution < 1.29 is 19.5 Å². The number of carbonyl (C=O) groups is 3. The van der Waals surface area contributed by atoms with Gasteiger partial charge in [0.15, 0.2) is 0 Å². The molecule has 0 unspecified atom stereocenters. The molecule has 1 aliphatic rings. The van der Waals surface area contributed by atoms with Crippen LogP contribution in [0.5, 0.6) is 0 Å². The standard InChI is InChI=1S/C27H27Cl2N3O4/c1-31-13-3-6-23(31)26(34)32-14-11-19(12-15-32)18-9-7-17(8-10-18)16-22(27(35)36)30-25(33)24-20(28)4-2-5-21(24)29/h2-10,13,19,22H,11-12,14-16H2,1H3,(H,30,33)(H,35,36)/t22-/m0/s1.